The molecule has 1 saturated heterocycles. The fourth-order valence-corrected chi connectivity index (χ4v) is 1.64. The van der Waals surface area contributed by atoms with Crippen LogP contribution in [-0.4, -0.2) is 65.3 Å². The molecule has 0 amide bonds. The molecular weight excluding hydrogens is 228 g/mol. The quantitative estimate of drug-likeness (QED) is 0.595. The molecule has 5 atom stereocenters. The summed E-state index contributed by atoms with van der Waals surface area (Å²) in [5.74, 6) is 0. The normalized spacial score (nSPS) is 38.6. The van der Waals surface area contributed by atoms with E-state index >= 15 is 0 Å². The molecule has 6 heteroatoms. The average Bonchev–Trinajstić information content (AvgIpc) is 2.28. The molecule has 6 nitrogen and oxygen atoms in total. The Morgan fingerprint density at radius 1 is 1.12 bits per heavy atom. The van der Waals surface area contributed by atoms with E-state index in [0.29, 0.717) is 6.61 Å². The van der Waals surface area contributed by atoms with Gasteiger partial charge in [0.05, 0.1) is 12.7 Å². The van der Waals surface area contributed by atoms with Gasteiger partial charge in [0.15, 0.2) is 6.29 Å². The molecule has 1 heterocycles. The van der Waals surface area contributed by atoms with Gasteiger partial charge in [-0.3, -0.25) is 0 Å². The molecule has 0 aromatic heterocycles. The van der Waals surface area contributed by atoms with Crippen LogP contribution in [0, 0.1) is 0 Å². The van der Waals surface area contributed by atoms with E-state index in [2.05, 4.69) is 0 Å². The first-order valence-electron chi connectivity index (χ1n) is 5.90. The number of rotatable bonds is 5. The third kappa shape index (κ3) is 3.87. The zero-order valence-electron chi connectivity index (χ0n) is 10.4. The lowest BCUT2D eigenvalue weighted by Gasteiger charge is -2.40. The maximum Gasteiger partial charge on any atom is 0.186 e. The zero-order valence-corrected chi connectivity index (χ0v) is 10.4. The van der Waals surface area contributed by atoms with Crippen LogP contribution in [0.1, 0.15) is 20.8 Å². The van der Waals surface area contributed by atoms with Gasteiger partial charge in [-0.15, -0.1) is 0 Å². The Balaban J connectivity index is 2.58. The highest BCUT2D eigenvalue weighted by Gasteiger charge is 2.44. The van der Waals surface area contributed by atoms with Gasteiger partial charge < -0.3 is 29.5 Å². The SMILES string of the molecule is CCO[C@H]1O[C@@H](COC(C)C)[C@H](O)[C@@H](O)[C@@H]1O. The van der Waals surface area contributed by atoms with E-state index in [1.165, 1.54) is 0 Å². The number of aliphatic hydroxyl groups excluding tert-OH is 3. The van der Waals surface area contributed by atoms with Crippen molar-refractivity contribution >= 4 is 0 Å². The highest BCUT2D eigenvalue weighted by Crippen LogP contribution is 2.22. The van der Waals surface area contributed by atoms with Gasteiger partial charge >= 0.3 is 0 Å². The second-order valence-corrected chi connectivity index (χ2v) is 4.35. The van der Waals surface area contributed by atoms with Crippen molar-refractivity contribution in [1.29, 1.82) is 0 Å². The van der Waals surface area contributed by atoms with Crippen molar-refractivity contribution in [2.45, 2.75) is 57.6 Å². The molecule has 0 aromatic carbocycles. The summed E-state index contributed by atoms with van der Waals surface area (Å²) in [6.45, 7) is 5.97. The molecule has 0 aromatic rings. The second-order valence-electron chi connectivity index (χ2n) is 4.35. The van der Waals surface area contributed by atoms with Gasteiger partial charge in [-0.25, -0.2) is 0 Å². The van der Waals surface area contributed by atoms with Gasteiger partial charge in [0.25, 0.3) is 0 Å². The minimum Gasteiger partial charge on any atom is -0.387 e. The molecule has 102 valence electrons. The molecule has 1 fully saturated rings. The Labute approximate surface area is 101 Å². The number of aliphatic hydroxyl groups is 3. The maximum atomic E-state index is 9.74. The lowest BCUT2D eigenvalue weighted by atomic mass is 9.99. The lowest BCUT2D eigenvalue weighted by molar-refractivity contribution is -0.302. The van der Waals surface area contributed by atoms with Gasteiger partial charge in [-0.1, -0.05) is 0 Å². The number of hydrogen-bond acceptors (Lipinski definition) is 6. The van der Waals surface area contributed by atoms with E-state index in [-0.39, 0.29) is 12.7 Å². The summed E-state index contributed by atoms with van der Waals surface area (Å²) in [6.07, 6.45) is -5.35. The highest BCUT2D eigenvalue weighted by molar-refractivity contribution is 4.89. The molecule has 17 heavy (non-hydrogen) atoms. The molecule has 0 bridgehead atoms. The lowest BCUT2D eigenvalue weighted by Crippen LogP contribution is -2.59. The number of hydrogen-bond donors (Lipinski definition) is 3. The minimum absolute atomic E-state index is 0.000311. The molecule has 1 rings (SSSR count). The molecule has 1 aliphatic heterocycles. The van der Waals surface area contributed by atoms with Gasteiger partial charge in [-0.2, -0.15) is 0 Å². The summed E-state index contributed by atoms with van der Waals surface area (Å²) >= 11 is 0. The van der Waals surface area contributed by atoms with Crippen molar-refractivity contribution in [2.24, 2.45) is 0 Å². The second kappa shape index (κ2) is 6.63. The van der Waals surface area contributed by atoms with E-state index in [9.17, 15) is 15.3 Å². The first-order chi connectivity index (χ1) is 7.97. The van der Waals surface area contributed by atoms with Crippen molar-refractivity contribution in [2.75, 3.05) is 13.2 Å². The van der Waals surface area contributed by atoms with Crippen LogP contribution in [0.25, 0.3) is 0 Å². The Morgan fingerprint density at radius 2 is 1.76 bits per heavy atom. The summed E-state index contributed by atoms with van der Waals surface area (Å²) in [5, 5.41) is 29.0. The summed E-state index contributed by atoms with van der Waals surface area (Å²) in [5.41, 5.74) is 0. The molecule has 0 unspecified atom stereocenters. The van der Waals surface area contributed by atoms with E-state index < -0.39 is 30.7 Å². The Bertz CT molecular complexity index is 222. The third-order valence-electron chi connectivity index (χ3n) is 2.59. The minimum atomic E-state index is -1.29. The largest absolute Gasteiger partial charge is 0.387 e. The van der Waals surface area contributed by atoms with Crippen LogP contribution in [0.15, 0.2) is 0 Å². The molecule has 0 spiro atoms. The summed E-state index contributed by atoms with van der Waals surface area (Å²) in [6, 6.07) is 0. The van der Waals surface area contributed by atoms with E-state index in [0.717, 1.165) is 0 Å². The fraction of sp³-hybridized carbons (Fsp3) is 1.00. The van der Waals surface area contributed by atoms with E-state index in [1.54, 1.807) is 6.92 Å². The van der Waals surface area contributed by atoms with Crippen LogP contribution in [0.2, 0.25) is 0 Å². The fourth-order valence-electron chi connectivity index (χ4n) is 1.64. The Kier molecular flexibility index (Phi) is 5.78. The van der Waals surface area contributed by atoms with Crippen LogP contribution in [0.5, 0.6) is 0 Å². The van der Waals surface area contributed by atoms with Crippen LogP contribution >= 0.6 is 0 Å². The Morgan fingerprint density at radius 3 is 2.29 bits per heavy atom. The predicted molar refractivity (Wildman–Crippen MR) is 59.4 cm³/mol. The monoisotopic (exact) mass is 250 g/mol. The van der Waals surface area contributed by atoms with Crippen LogP contribution in [0.3, 0.4) is 0 Å². The van der Waals surface area contributed by atoms with Gasteiger partial charge in [0.1, 0.15) is 24.4 Å². The van der Waals surface area contributed by atoms with E-state index in [1.807, 2.05) is 13.8 Å². The average molecular weight is 250 g/mol. The predicted octanol–water partition coefficient (Wildman–Crippen LogP) is -0.744. The first kappa shape index (κ1) is 14.8. The standard InChI is InChI=1S/C11H22O6/c1-4-15-11-10(14)9(13)8(12)7(17-11)5-16-6(2)3/h6-14H,4-5H2,1-3H3/t7-,8-,9+,10-,11-/m0/s1. The zero-order chi connectivity index (χ0) is 13.0. The molecule has 0 saturated carbocycles. The van der Waals surface area contributed by atoms with E-state index in [4.69, 9.17) is 14.2 Å². The Hall–Kier alpha value is -0.240. The van der Waals surface area contributed by atoms with Crippen LogP contribution in [0.4, 0.5) is 0 Å². The first-order valence-corrected chi connectivity index (χ1v) is 5.90. The molecule has 0 aliphatic carbocycles. The topological polar surface area (TPSA) is 88.4 Å². The van der Waals surface area contributed by atoms with Gasteiger partial charge in [0.2, 0.25) is 0 Å². The highest BCUT2D eigenvalue weighted by atomic mass is 16.7. The van der Waals surface area contributed by atoms with Crippen molar-refractivity contribution in [3.05, 3.63) is 0 Å². The summed E-state index contributed by atoms with van der Waals surface area (Å²) in [7, 11) is 0. The van der Waals surface area contributed by atoms with Crippen molar-refractivity contribution in [3.8, 4) is 0 Å². The summed E-state index contributed by atoms with van der Waals surface area (Å²) in [4.78, 5) is 0. The van der Waals surface area contributed by atoms with Crippen molar-refractivity contribution in [1.82, 2.24) is 0 Å². The molecule has 1 aliphatic rings. The molecular formula is C11H22O6. The van der Waals surface area contributed by atoms with Crippen molar-refractivity contribution < 1.29 is 29.5 Å². The number of ether oxygens (including phenoxy) is 3. The van der Waals surface area contributed by atoms with Gasteiger partial charge in [0, 0.05) is 6.61 Å². The third-order valence-corrected chi connectivity index (χ3v) is 2.59. The molecule has 0 radical (unpaired) electrons. The molecule has 3 N–H and O–H groups in total. The van der Waals surface area contributed by atoms with Crippen LogP contribution < -0.4 is 0 Å². The maximum absolute atomic E-state index is 9.74. The summed E-state index contributed by atoms with van der Waals surface area (Å²) < 4.78 is 15.8. The van der Waals surface area contributed by atoms with Crippen molar-refractivity contribution in [3.63, 3.8) is 0 Å². The smallest absolute Gasteiger partial charge is 0.186 e. The van der Waals surface area contributed by atoms with Gasteiger partial charge in [-0.05, 0) is 20.8 Å². The van der Waals surface area contributed by atoms with Crippen LogP contribution in [-0.2, 0) is 14.2 Å².